The number of carbonyl (C=O) groups is 1. The van der Waals surface area contributed by atoms with Crippen molar-refractivity contribution in [2.24, 2.45) is 5.73 Å². The molecule has 0 aliphatic carbocycles. The van der Waals surface area contributed by atoms with Gasteiger partial charge in [0.05, 0.1) is 6.61 Å². The van der Waals surface area contributed by atoms with Crippen LogP contribution in [0.2, 0.25) is 0 Å². The first-order chi connectivity index (χ1) is 8.67. The average Bonchev–Trinajstić information content (AvgIpc) is 2.35. The molecule has 0 atom stereocenters. The molecule has 0 fully saturated rings. The van der Waals surface area contributed by atoms with E-state index in [0.717, 1.165) is 5.56 Å². The number of rotatable bonds is 6. The lowest BCUT2D eigenvalue weighted by Gasteiger charge is -2.10. The van der Waals surface area contributed by atoms with Crippen molar-refractivity contribution in [1.82, 2.24) is 0 Å². The highest BCUT2D eigenvalue weighted by Crippen LogP contribution is 2.28. The summed E-state index contributed by atoms with van der Waals surface area (Å²) in [5, 5.41) is 8.47. The first-order valence-corrected chi connectivity index (χ1v) is 5.41. The van der Waals surface area contributed by atoms with Gasteiger partial charge in [-0.05, 0) is 30.7 Å². The molecule has 1 amide bonds. The van der Waals surface area contributed by atoms with E-state index in [0.29, 0.717) is 18.1 Å². The Morgan fingerprint density at radius 1 is 1.44 bits per heavy atom. The predicted octanol–water partition coefficient (Wildman–Crippen LogP) is 1.49. The van der Waals surface area contributed by atoms with Gasteiger partial charge in [-0.3, -0.25) is 4.79 Å². The van der Waals surface area contributed by atoms with Crippen LogP contribution in [0.15, 0.2) is 24.3 Å². The fourth-order valence-electron chi connectivity index (χ4n) is 1.30. The molecule has 0 radical (unpaired) electrons. The Labute approximate surface area is 105 Å². The minimum Gasteiger partial charge on any atom is -0.490 e. The minimum atomic E-state index is -0.516. The standard InChI is InChI=1S/C13H14N2O3/c1-2-17-12-9-10(4-6-13(15)16)3-5-11(12)18-8-7-14/h3-6,9H,2,8H2,1H3,(H2,15,16)/b6-4+. The van der Waals surface area contributed by atoms with Crippen LogP contribution in [-0.2, 0) is 4.79 Å². The highest BCUT2D eigenvalue weighted by molar-refractivity contribution is 5.90. The van der Waals surface area contributed by atoms with Crippen LogP contribution < -0.4 is 15.2 Å². The molecule has 0 aromatic heterocycles. The van der Waals surface area contributed by atoms with Crippen LogP contribution in [0.25, 0.3) is 6.08 Å². The molecule has 0 saturated carbocycles. The second-order valence-corrected chi connectivity index (χ2v) is 3.32. The van der Waals surface area contributed by atoms with Gasteiger partial charge in [-0.2, -0.15) is 5.26 Å². The minimum absolute atomic E-state index is 0.0451. The Morgan fingerprint density at radius 3 is 2.83 bits per heavy atom. The van der Waals surface area contributed by atoms with Crippen molar-refractivity contribution in [2.45, 2.75) is 6.92 Å². The molecule has 0 saturated heterocycles. The second-order valence-electron chi connectivity index (χ2n) is 3.32. The number of hydrogen-bond donors (Lipinski definition) is 1. The van der Waals surface area contributed by atoms with Crippen LogP contribution in [0.5, 0.6) is 11.5 Å². The summed E-state index contributed by atoms with van der Waals surface area (Å²) < 4.78 is 10.6. The first-order valence-electron chi connectivity index (χ1n) is 5.41. The van der Waals surface area contributed by atoms with Crippen LogP contribution in [0.1, 0.15) is 12.5 Å². The Kier molecular flexibility index (Phi) is 5.26. The van der Waals surface area contributed by atoms with Gasteiger partial charge in [-0.25, -0.2) is 0 Å². The smallest absolute Gasteiger partial charge is 0.241 e. The van der Waals surface area contributed by atoms with Crippen LogP contribution in [0.4, 0.5) is 0 Å². The zero-order chi connectivity index (χ0) is 13.4. The molecule has 1 aromatic carbocycles. The third-order valence-corrected chi connectivity index (χ3v) is 2.00. The molecule has 0 spiro atoms. The van der Waals surface area contributed by atoms with E-state index in [2.05, 4.69) is 0 Å². The maximum absolute atomic E-state index is 10.6. The van der Waals surface area contributed by atoms with Gasteiger partial charge in [-0.1, -0.05) is 6.07 Å². The zero-order valence-corrected chi connectivity index (χ0v) is 10.1. The molecule has 5 nitrogen and oxygen atoms in total. The van der Waals surface area contributed by atoms with Crippen molar-refractivity contribution in [1.29, 1.82) is 5.26 Å². The molecule has 2 N–H and O–H groups in total. The van der Waals surface area contributed by atoms with Crippen LogP contribution >= 0.6 is 0 Å². The van der Waals surface area contributed by atoms with Crippen molar-refractivity contribution in [3.05, 3.63) is 29.8 Å². The summed E-state index contributed by atoms with van der Waals surface area (Å²) in [5.74, 6) is 0.506. The molecular weight excluding hydrogens is 232 g/mol. The van der Waals surface area contributed by atoms with E-state index in [1.54, 1.807) is 24.3 Å². The quantitative estimate of drug-likeness (QED) is 0.770. The van der Waals surface area contributed by atoms with E-state index in [4.69, 9.17) is 20.5 Å². The van der Waals surface area contributed by atoms with Crippen molar-refractivity contribution in [2.75, 3.05) is 13.2 Å². The van der Waals surface area contributed by atoms with Gasteiger partial charge in [0.1, 0.15) is 6.07 Å². The maximum atomic E-state index is 10.6. The SMILES string of the molecule is CCOc1cc(/C=C/C(N)=O)ccc1OCC#N. The monoisotopic (exact) mass is 246 g/mol. The number of ether oxygens (including phenoxy) is 2. The van der Waals surface area contributed by atoms with E-state index >= 15 is 0 Å². The van der Waals surface area contributed by atoms with Gasteiger partial charge >= 0.3 is 0 Å². The van der Waals surface area contributed by atoms with Crippen molar-refractivity contribution in [3.8, 4) is 17.6 Å². The molecule has 18 heavy (non-hydrogen) atoms. The van der Waals surface area contributed by atoms with Gasteiger partial charge < -0.3 is 15.2 Å². The molecule has 1 rings (SSSR count). The Balaban J connectivity index is 2.95. The van der Waals surface area contributed by atoms with Gasteiger partial charge in [0.15, 0.2) is 18.1 Å². The summed E-state index contributed by atoms with van der Waals surface area (Å²) in [6, 6.07) is 7.03. The normalized spacial score (nSPS) is 10.0. The van der Waals surface area contributed by atoms with E-state index in [1.165, 1.54) is 6.08 Å². The van der Waals surface area contributed by atoms with Crippen LogP contribution in [0, 0.1) is 11.3 Å². The zero-order valence-electron chi connectivity index (χ0n) is 10.1. The van der Waals surface area contributed by atoms with Gasteiger partial charge in [0.2, 0.25) is 5.91 Å². The number of nitriles is 1. The van der Waals surface area contributed by atoms with E-state index < -0.39 is 5.91 Å². The molecule has 1 aromatic rings. The topological polar surface area (TPSA) is 85.3 Å². The largest absolute Gasteiger partial charge is 0.490 e. The van der Waals surface area contributed by atoms with E-state index in [1.807, 2.05) is 13.0 Å². The molecule has 94 valence electrons. The molecule has 0 unspecified atom stereocenters. The van der Waals surface area contributed by atoms with Gasteiger partial charge in [0.25, 0.3) is 0 Å². The van der Waals surface area contributed by atoms with E-state index in [9.17, 15) is 4.79 Å². The molecule has 0 bridgehead atoms. The summed E-state index contributed by atoms with van der Waals surface area (Å²) in [6.45, 7) is 2.28. The lowest BCUT2D eigenvalue weighted by atomic mass is 10.2. The van der Waals surface area contributed by atoms with Crippen LogP contribution in [-0.4, -0.2) is 19.1 Å². The molecule has 0 aliphatic rings. The number of primary amides is 1. The summed E-state index contributed by atoms with van der Waals surface area (Å²) in [4.78, 5) is 10.6. The average molecular weight is 246 g/mol. The Bertz CT molecular complexity index is 489. The molecule has 5 heteroatoms. The van der Waals surface area contributed by atoms with Crippen molar-refractivity contribution >= 4 is 12.0 Å². The fraction of sp³-hybridized carbons (Fsp3) is 0.231. The van der Waals surface area contributed by atoms with Gasteiger partial charge in [-0.15, -0.1) is 0 Å². The summed E-state index contributed by atoms with van der Waals surface area (Å²) >= 11 is 0. The number of nitrogens with two attached hydrogens (primary N) is 1. The molecule has 0 aliphatic heterocycles. The third-order valence-electron chi connectivity index (χ3n) is 2.00. The lowest BCUT2D eigenvalue weighted by molar-refractivity contribution is -0.113. The number of amides is 1. The molecular formula is C13H14N2O3. The number of nitrogens with zero attached hydrogens (tertiary/aromatic N) is 1. The van der Waals surface area contributed by atoms with Crippen LogP contribution in [0.3, 0.4) is 0 Å². The Morgan fingerprint density at radius 2 is 2.22 bits per heavy atom. The number of carbonyl (C=O) groups excluding carboxylic acids is 1. The summed E-state index contributed by atoms with van der Waals surface area (Å²) in [7, 11) is 0. The number of benzene rings is 1. The van der Waals surface area contributed by atoms with Gasteiger partial charge in [0, 0.05) is 6.08 Å². The van der Waals surface area contributed by atoms with Crippen molar-refractivity contribution in [3.63, 3.8) is 0 Å². The highest BCUT2D eigenvalue weighted by atomic mass is 16.5. The maximum Gasteiger partial charge on any atom is 0.241 e. The fourth-order valence-corrected chi connectivity index (χ4v) is 1.30. The highest BCUT2D eigenvalue weighted by Gasteiger charge is 2.05. The second kappa shape index (κ2) is 6.97. The molecule has 0 heterocycles. The third kappa shape index (κ3) is 4.18. The lowest BCUT2D eigenvalue weighted by Crippen LogP contribution is -2.05. The first kappa shape index (κ1) is 13.6. The number of hydrogen-bond acceptors (Lipinski definition) is 4. The Hall–Kier alpha value is -2.48. The predicted molar refractivity (Wildman–Crippen MR) is 66.9 cm³/mol. The van der Waals surface area contributed by atoms with Crippen molar-refractivity contribution < 1.29 is 14.3 Å². The van der Waals surface area contributed by atoms with E-state index in [-0.39, 0.29) is 6.61 Å². The summed E-state index contributed by atoms with van der Waals surface area (Å²) in [6.07, 6.45) is 2.85. The summed E-state index contributed by atoms with van der Waals surface area (Å²) in [5.41, 5.74) is 5.78.